The Bertz CT molecular complexity index is 442. The van der Waals surface area contributed by atoms with Crippen LogP contribution in [0.5, 0.6) is 5.75 Å². The maximum absolute atomic E-state index is 5.68. The zero-order valence-corrected chi connectivity index (χ0v) is 13.8. The molecule has 0 aromatic heterocycles. The number of guanidine groups is 1. The lowest BCUT2D eigenvalue weighted by Crippen LogP contribution is -2.41. The van der Waals surface area contributed by atoms with E-state index in [-0.39, 0.29) is 0 Å². The predicted molar refractivity (Wildman–Crippen MR) is 89.9 cm³/mol. The van der Waals surface area contributed by atoms with Gasteiger partial charge in [-0.2, -0.15) is 11.8 Å². The fourth-order valence-corrected chi connectivity index (χ4v) is 2.80. The van der Waals surface area contributed by atoms with Crippen LogP contribution in [0.4, 0.5) is 0 Å². The molecule has 1 aliphatic rings. The van der Waals surface area contributed by atoms with E-state index in [1.165, 1.54) is 0 Å². The number of rotatable bonds is 7. The molecule has 0 amide bonds. The van der Waals surface area contributed by atoms with Crippen LogP contribution < -0.4 is 15.4 Å². The molecule has 2 rings (SSSR count). The Labute approximate surface area is 132 Å². The third-order valence-electron chi connectivity index (χ3n) is 2.73. The van der Waals surface area contributed by atoms with E-state index in [1.807, 2.05) is 36.0 Å². The molecule has 6 heteroatoms. The summed E-state index contributed by atoms with van der Waals surface area (Å²) in [7, 11) is 0. The Hall–Kier alpha value is -0.880. The van der Waals surface area contributed by atoms with Crippen molar-refractivity contribution in [1.29, 1.82) is 0 Å². The quantitative estimate of drug-likeness (QED) is 0.736. The number of halogens is 1. The molecule has 0 saturated heterocycles. The zero-order chi connectivity index (χ0) is 14.0. The van der Waals surface area contributed by atoms with Gasteiger partial charge in [-0.3, -0.25) is 4.99 Å². The van der Waals surface area contributed by atoms with Gasteiger partial charge in [0.1, 0.15) is 5.75 Å². The summed E-state index contributed by atoms with van der Waals surface area (Å²) >= 11 is 5.32. The number of hydrogen-bond donors (Lipinski definition) is 2. The summed E-state index contributed by atoms with van der Waals surface area (Å²) < 4.78 is 6.72. The van der Waals surface area contributed by atoms with Crippen molar-refractivity contribution in [3.8, 4) is 5.75 Å². The smallest absolute Gasteiger partial charge is 0.191 e. The average Bonchev–Trinajstić information content (AvgIpc) is 2.47. The highest BCUT2D eigenvalue weighted by molar-refractivity contribution is 9.10. The molecular weight excluding hydrogens is 338 g/mol. The minimum absolute atomic E-state index is 0.736. The molecule has 2 N–H and O–H groups in total. The second-order valence-corrected chi connectivity index (χ2v) is 6.50. The van der Waals surface area contributed by atoms with Gasteiger partial charge in [-0.15, -0.1) is 0 Å². The van der Waals surface area contributed by atoms with Gasteiger partial charge in [0.05, 0.1) is 6.61 Å². The molecule has 0 fully saturated rings. The van der Waals surface area contributed by atoms with E-state index in [0.717, 1.165) is 60.3 Å². The van der Waals surface area contributed by atoms with Crippen molar-refractivity contribution in [3.05, 3.63) is 28.7 Å². The van der Waals surface area contributed by atoms with Gasteiger partial charge >= 0.3 is 0 Å². The monoisotopic (exact) mass is 357 g/mol. The van der Waals surface area contributed by atoms with E-state index in [1.54, 1.807) is 0 Å². The van der Waals surface area contributed by atoms with Crippen molar-refractivity contribution in [2.24, 2.45) is 4.99 Å². The van der Waals surface area contributed by atoms with Gasteiger partial charge in [0.15, 0.2) is 5.96 Å². The SMILES string of the molecule is Brc1cccc(OCCSCCNC2=NCCCN2)c1. The lowest BCUT2D eigenvalue weighted by atomic mass is 10.3. The van der Waals surface area contributed by atoms with Gasteiger partial charge < -0.3 is 15.4 Å². The number of ether oxygens (including phenoxy) is 1. The van der Waals surface area contributed by atoms with E-state index >= 15 is 0 Å². The summed E-state index contributed by atoms with van der Waals surface area (Å²) in [5.74, 6) is 3.91. The van der Waals surface area contributed by atoms with Crippen LogP contribution >= 0.6 is 27.7 Å². The summed E-state index contributed by atoms with van der Waals surface area (Å²) in [6.45, 7) is 3.64. The lowest BCUT2D eigenvalue weighted by Gasteiger charge is -2.15. The molecule has 20 heavy (non-hydrogen) atoms. The number of nitrogens with one attached hydrogen (secondary N) is 2. The van der Waals surface area contributed by atoms with E-state index in [4.69, 9.17) is 4.74 Å². The second kappa shape index (κ2) is 9.13. The lowest BCUT2D eigenvalue weighted by molar-refractivity contribution is 0.344. The van der Waals surface area contributed by atoms with Crippen molar-refractivity contribution < 1.29 is 4.74 Å². The van der Waals surface area contributed by atoms with Crippen LogP contribution in [0, 0.1) is 0 Å². The van der Waals surface area contributed by atoms with Crippen LogP contribution in [0.2, 0.25) is 0 Å². The Balaban J connectivity index is 1.48. The van der Waals surface area contributed by atoms with Crippen LogP contribution in [0.1, 0.15) is 6.42 Å². The Morgan fingerprint density at radius 1 is 1.40 bits per heavy atom. The molecule has 1 heterocycles. The normalized spacial score (nSPS) is 14.3. The van der Waals surface area contributed by atoms with E-state index < -0.39 is 0 Å². The first kappa shape index (κ1) is 15.5. The standard InChI is InChI=1S/C14H20BrN3OS/c15-12-3-1-4-13(11-12)19-8-10-20-9-7-18-14-16-5-2-6-17-14/h1,3-4,11H,2,5-10H2,(H2,16,17,18). The van der Waals surface area contributed by atoms with Crippen LogP contribution in [0.25, 0.3) is 0 Å². The molecule has 0 atom stereocenters. The highest BCUT2D eigenvalue weighted by Crippen LogP contribution is 2.17. The summed E-state index contributed by atoms with van der Waals surface area (Å²) in [5.41, 5.74) is 0. The molecule has 0 bridgehead atoms. The number of hydrogen-bond acceptors (Lipinski definition) is 5. The summed E-state index contributed by atoms with van der Waals surface area (Å²) in [5, 5.41) is 6.56. The fourth-order valence-electron chi connectivity index (χ4n) is 1.77. The maximum atomic E-state index is 5.68. The minimum atomic E-state index is 0.736. The summed E-state index contributed by atoms with van der Waals surface area (Å²) in [4.78, 5) is 4.37. The summed E-state index contributed by atoms with van der Waals surface area (Å²) in [6.07, 6.45) is 1.13. The van der Waals surface area contributed by atoms with Crippen LogP contribution in [0.15, 0.2) is 33.7 Å². The van der Waals surface area contributed by atoms with Crippen molar-refractivity contribution in [2.75, 3.05) is 37.7 Å². The van der Waals surface area contributed by atoms with Gasteiger partial charge in [0.25, 0.3) is 0 Å². The zero-order valence-electron chi connectivity index (χ0n) is 11.4. The third-order valence-corrected chi connectivity index (χ3v) is 4.17. The van der Waals surface area contributed by atoms with Crippen LogP contribution in [0.3, 0.4) is 0 Å². The minimum Gasteiger partial charge on any atom is -0.493 e. The van der Waals surface area contributed by atoms with Crippen LogP contribution in [-0.2, 0) is 0 Å². The molecule has 0 radical (unpaired) electrons. The number of benzene rings is 1. The van der Waals surface area contributed by atoms with Crippen molar-refractivity contribution >= 4 is 33.7 Å². The molecule has 0 spiro atoms. The fraction of sp³-hybridized carbons (Fsp3) is 0.500. The average molecular weight is 358 g/mol. The third kappa shape index (κ3) is 6.05. The van der Waals surface area contributed by atoms with E-state index in [9.17, 15) is 0 Å². The van der Waals surface area contributed by atoms with Gasteiger partial charge in [-0.25, -0.2) is 0 Å². The first-order valence-electron chi connectivity index (χ1n) is 6.83. The van der Waals surface area contributed by atoms with Crippen molar-refractivity contribution in [1.82, 2.24) is 10.6 Å². The molecule has 4 nitrogen and oxygen atoms in total. The molecule has 1 aromatic carbocycles. The van der Waals surface area contributed by atoms with E-state index in [0.29, 0.717) is 0 Å². The van der Waals surface area contributed by atoms with Gasteiger partial charge in [0, 0.05) is 35.6 Å². The maximum Gasteiger partial charge on any atom is 0.191 e. The number of nitrogens with zero attached hydrogens (tertiary/aromatic N) is 1. The number of aliphatic imine (C=N–C) groups is 1. The molecule has 0 unspecified atom stereocenters. The van der Waals surface area contributed by atoms with Crippen molar-refractivity contribution in [2.45, 2.75) is 6.42 Å². The Morgan fingerprint density at radius 3 is 3.15 bits per heavy atom. The first-order chi connectivity index (χ1) is 9.84. The molecular formula is C14H20BrN3OS. The molecule has 110 valence electrons. The van der Waals surface area contributed by atoms with Gasteiger partial charge in [-0.1, -0.05) is 22.0 Å². The molecule has 0 saturated carbocycles. The first-order valence-corrected chi connectivity index (χ1v) is 8.78. The highest BCUT2D eigenvalue weighted by Gasteiger charge is 2.01. The van der Waals surface area contributed by atoms with Crippen molar-refractivity contribution in [3.63, 3.8) is 0 Å². The second-order valence-electron chi connectivity index (χ2n) is 4.36. The highest BCUT2D eigenvalue weighted by atomic mass is 79.9. The Kier molecular flexibility index (Phi) is 7.08. The largest absolute Gasteiger partial charge is 0.493 e. The van der Waals surface area contributed by atoms with E-state index in [2.05, 4.69) is 31.6 Å². The summed E-state index contributed by atoms with van der Waals surface area (Å²) in [6, 6.07) is 7.94. The molecule has 0 aliphatic carbocycles. The molecule has 1 aliphatic heterocycles. The molecule has 1 aromatic rings. The topological polar surface area (TPSA) is 45.6 Å². The van der Waals surface area contributed by atoms with Gasteiger partial charge in [-0.05, 0) is 24.6 Å². The van der Waals surface area contributed by atoms with Crippen LogP contribution in [-0.4, -0.2) is 43.7 Å². The Morgan fingerprint density at radius 2 is 2.35 bits per heavy atom. The number of thioether (sulfide) groups is 1. The van der Waals surface area contributed by atoms with Gasteiger partial charge in [0.2, 0.25) is 0 Å². The predicted octanol–water partition coefficient (Wildman–Crippen LogP) is 2.50.